The monoisotopic (exact) mass is 1110 g/mol. The molecule has 1 saturated carbocycles. The number of aromatic nitrogens is 2. The lowest BCUT2D eigenvalue weighted by Crippen LogP contribution is -2.60. The summed E-state index contributed by atoms with van der Waals surface area (Å²) in [7, 11) is -3.20. The van der Waals surface area contributed by atoms with Crippen LogP contribution in [0.3, 0.4) is 0 Å². The first-order chi connectivity index (χ1) is 38.5. The van der Waals surface area contributed by atoms with Crippen LogP contribution >= 0.6 is 0 Å². The zero-order valence-corrected chi connectivity index (χ0v) is 46.0. The van der Waals surface area contributed by atoms with Gasteiger partial charge in [0.05, 0.1) is 23.8 Å². The van der Waals surface area contributed by atoms with Crippen LogP contribution in [0.1, 0.15) is 97.1 Å². The fraction of sp³-hybridized carbons (Fsp3) is 0.424. The number of nitro groups is 1. The molecular formula is C59H65FN8O11S. The quantitative estimate of drug-likeness (QED) is 0.0606. The Balaban J connectivity index is 0.761. The van der Waals surface area contributed by atoms with Crippen LogP contribution in [0.4, 0.5) is 21.5 Å². The van der Waals surface area contributed by atoms with E-state index in [1.165, 1.54) is 29.0 Å². The summed E-state index contributed by atoms with van der Waals surface area (Å²) in [6.45, 7) is 11.2. The van der Waals surface area contributed by atoms with Gasteiger partial charge in [-0.05, 0) is 103 Å². The Hall–Kier alpha value is -7.46. The SMILES string of the molecule is COc1cc(CN2CCN(C3CC4(CCN(c5ccc(C(=O)NS(=O)(=O)c6cc([N+](=O)[O-])c(NCC7(F)CCOCC7)c7c6OCO7)c(Oc6cnc7[nH]ccc7c6)c5)CC4)C3)[C@H](c3ccccc3C(C)C)C2)cc2cc(C)oc12. The molecule has 1 spiro atoms. The van der Waals surface area contributed by atoms with E-state index in [9.17, 15) is 23.3 Å². The molecule has 1 aliphatic carbocycles. The molecule has 5 aliphatic rings. The number of alkyl halides is 1. The van der Waals surface area contributed by atoms with Crippen LogP contribution in [-0.2, 0) is 21.3 Å². The lowest BCUT2D eigenvalue weighted by atomic mass is 9.59. The molecule has 3 N–H and O–H groups in total. The van der Waals surface area contributed by atoms with Crippen molar-refractivity contribution in [3.05, 3.63) is 129 Å². The Morgan fingerprint density at radius 1 is 0.950 bits per heavy atom. The van der Waals surface area contributed by atoms with Crippen LogP contribution in [0.15, 0.2) is 101 Å². The number of hydrogen-bond acceptors (Lipinski definition) is 16. The van der Waals surface area contributed by atoms with Gasteiger partial charge in [-0.25, -0.2) is 22.5 Å². The van der Waals surface area contributed by atoms with Crippen LogP contribution in [0, 0.1) is 22.5 Å². The number of piperidine rings is 1. The minimum Gasteiger partial charge on any atom is -0.493 e. The average Bonchev–Trinajstić information content (AvgIpc) is 4.25. The number of nitrogens with zero attached hydrogens (tertiary/aromatic N) is 5. The van der Waals surface area contributed by atoms with Crippen molar-refractivity contribution in [2.24, 2.45) is 5.41 Å². The number of ether oxygens (including phenoxy) is 5. The maximum atomic E-state index is 15.6. The van der Waals surface area contributed by atoms with Crippen LogP contribution in [0.5, 0.6) is 28.7 Å². The predicted octanol–water partition coefficient (Wildman–Crippen LogP) is 10.5. The maximum absolute atomic E-state index is 15.6. The number of fused-ring (bicyclic) bond motifs is 3. The molecule has 21 heteroatoms. The number of carbonyl (C=O) groups excluding carboxylic acids is 1. The second kappa shape index (κ2) is 21.2. The van der Waals surface area contributed by atoms with Crippen LogP contribution < -0.4 is 33.9 Å². The molecule has 7 aromatic rings. The molecule has 420 valence electrons. The molecule has 4 fully saturated rings. The lowest BCUT2D eigenvalue weighted by Gasteiger charge is -2.58. The average molecular weight is 1110 g/mol. The minimum absolute atomic E-state index is 0.0640. The number of hydrogen-bond donors (Lipinski definition) is 3. The summed E-state index contributed by atoms with van der Waals surface area (Å²) in [5, 5.41) is 17.1. The van der Waals surface area contributed by atoms with Gasteiger partial charge in [0.15, 0.2) is 28.5 Å². The molecule has 0 bridgehead atoms. The third-order valence-corrected chi connectivity index (χ3v) is 18.3. The Morgan fingerprint density at radius 3 is 2.51 bits per heavy atom. The summed E-state index contributed by atoms with van der Waals surface area (Å²) >= 11 is 0. The number of aryl methyl sites for hydroxylation is 1. The zero-order valence-electron chi connectivity index (χ0n) is 45.2. The van der Waals surface area contributed by atoms with Crippen molar-refractivity contribution in [2.75, 3.05) is 76.6 Å². The van der Waals surface area contributed by atoms with E-state index in [0.717, 1.165) is 105 Å². The van der Waals surface area contributed by atoms with Crippen molar-refractivity contribution < 1.29 is 50.6 Å². The van der Waals surface area contributed by atoms with Crippen molar-refractivity contribution in [3.8, 4) is 28.7 Å². The smallest absolute Gasteiger partial charge is 0.297 e. The third-order valence-electron chi connectivity index (χ3n) is 17.0. The number of piperazine rings is 1. The van der Waals surface area contributed by atoms with Crippen LogP contribution in [0.25, 0.3) is 22.0 Å². The van der Waals surface area contributed by atoms with Gasteiger partial charge in [0.2, 0.25) is 6.79 Å². The molecule has 0 unspecified atom stereocenters. The molecule has 0 radical (unpaired) electrons. The zero-order chi connectivity index (χ0) is 55.5. The molecule has 12 rings (SSSR count). The number of sulfonamides is 1. The van der Waals surface area contributed by atoms with E-state index < -0.39 is 43.9 Å². The molecule has 19 nitrogen and oxygen atoms in total. The number of nitro benzene ring substituents is 1. The summed E-state index contributed by atoms with van der Waals surface area (Å²) in [4.78, 5) is 40.5. The summed E-state index contributed by atoms with van der Waals surface area (Å²) in [6, 6.07) is 25.4. The summed E-state index contributed by atoms with van der Waals surface area (Å²) in [5.74, 6) is 0.670. The maximum Gasteiger partial charge on any atom is 0.297 e. The van der Waals surface area contributed by atoms with Gasteiger partial charge in [0, 0.05) is 119 Å². The second-order valence-electron chi connectivity index (χ2n) is 22.4. The first-order valence-electron chi connectivity index (χ1n) is 27.4. The first-order valence-corrected chi connectivity index (χ1v) is 28.9. The van der Waals surface area contributed by atoms with E-state index in [0.29, 0.717) is 23.4 Å². The van der Waals surface area contributed by atoms with Crippen LogP contribution in [0.2, 0.25) is 0 Å². The van der Waals surface area contributed by atoms with Gasteiger partial charge in [0.25, 0.3) is 21.6 Å². The van der Waals surface area contributed by atoms with Gasteiger partial charge >= 0.3 is 0 Å². The topological polar surface area (TPSA) is 216 Å². The van der Waals surface area contributed by atoms with E-state index in [-0.39, 0.29) is 72.6 Å². The minimum atomic E-state index is -4.89. The number of benzene rings is 4. The number of pyridine rings is 1. The van der Waals surface area contributed by atoms with Gasteiger partial charge in [-0.3, -0.25) is 24.7 Å². The highest BCUT2D eigenvalue weighted by atomic mass is 32.2. The van der Waals surface area contributed by atoms with E-state index in [1.54, 1.807) is 31.5 Å². The van der Waals surface area contributed by atoms with Crippen molar-refractivity contribution >= 4 is 55.0 Å². The summed E-state index contributed by atoms with van der Waals surface area (Å²) in [5.41, 5.74) is 3.57. The molecule has 3 saturated heterocycles. The largest absolute Gasteiger partial charge is 0.493 e. The van der Waals surface area contributed by atoms with Crippen molar-refractivity contribution in [3.63, 3.8) is 0 Å². The molecule has 4 aliphatic heterocycles. The normalized spacial score (nSPS) is 19.4. The number of aromatic amines is 1. The Morgan fingerprint density at radius 2 is 1.74 bits per heavy atom. The fourth-order valence-corrected chi connectivity index (χ4v) is 13.8. The highest BCUT2D eigenvalue weighted by Gasteiger charge is 2.50. The Bertz CT molecular complexity index is 3620. The number of methoxy groups -OCH3 is 1. The number of nitrogens with one attached hydrogen (secondary N) is 3. The van der Waals surface area contributed by atoms with Gasteiger partial charge < -0.3 is 43.3 Å². The van der Waals surface area contributed by atoms with Crippen molar-refractivity contribution in [1.29, 1.82) is 0 Å². The standard InChI is InChI=1S/C59H65FN8O11S/c1-36(2)44-7-5-6-8-45(44)48-33-65(32-38-24-40-23-37(3)78-53(40)50(25-38)74-4)19-20-67(48)42-29-58(30-42)12-17-66(18-13-58)41-9-10-46(49(27-41)79-43-26-39-11-16-61-56(39)62-31-43)57(69)64-80(72,73)51-28-47(68(70)71)52(55-54(51)76-35-77-55)63-34-59(60)14-21-75-22-15-59/h5-11,16,23-28,31,36,42,48,63H,12-15,17-22,29-30,32-35H2,1-4H3,(H,61,62)(H,64,69)/t48-/m0/s1. The fourth-order valence-electron chi connectivity index (χ4n) is 12.7. The van der Waals surface area contributed by atoms with Crippen molar-refractivity contribution in [2.45, 2.75) is 94.4 Å². The molecule has 1 atom stereocenters. The number of anilines is 2. The Labute approximate surface area is 462 Å². The van der Waals surface area contributed by atoms with Gasteiger partial charge in [0.1, 0.15) is 33.5 Å². The lowest BCUT2D eigenvalue weighted by molar-refractivity contribution is -0.384. The number of H-pyrrole nitrogens is 1. The van der Waals surface area contributed by atoms with Gasteiger partial charge in [-0.2, -0.15) is 0 Å². The molecule has 3 aromatic heterocycles. The van der Waals surface area contributed by atoms with E-state index in [2.05, 4.69) is 91.0 Å². The summed E-state index contributed by atoms with van der Waals surface area (Å²) < 4.78 is 80.8. The highest BCUT2D eigenvalue weighted by Crippen LogP contribution is 2.54. The molecule has 1 amide bonds. The molecule has 7 heterocycles. The second-order valence-corrected chi connectivity index (χ2v) is 24.1. The predicted molar refractivity (Wildman–Crippen MR) is 299 cm³/mol. The van der Waals surface area contributed by atoms with Gasteiger partial charge in [-0.1, -0.05) is 38.1 Å². The third kappa shape index (κ3) is 10.4. The first kappa shape index (κ1) is 53.2. The van der Waals surface area contributed by atoms with E-state index in [4.69, 9.17) is 28.1 Å². The number of carbonyl (C=O) groups is 1. The number of rotatable bonds is 16. The van der Waals surface area contributed by atoms with Crippen molar-refractivity contribution in [1.82, 2.24) is 24.5 Å². The van der Waals surface area contributed by atoms with Crippen LogP contribution in [-0.4, -0.2) is 117 Å². The molecule has 4 aromatic carbocycles. The molecule has 80 heavy (non-hydrogen) atoms. The highest BCUT2D eigenvalue weighted by molar-refractivity contribution is 7.90. The van der Waals surface area contributed by atoms with E-state index in [1.807, 2.05) is 13.0 Å². The number of halogens is 1. The number of amides is 1. The Kier molecular flexibility index (Phi) is 14.1. The number of furan rings is 1. The molecular weight excluding hydrogens is 1050 g/mol. The van der Waals surface area contributed by atoms with E-state index >= 15 is 4.39 Å². The van der Waals surface area contributed by atoms with Gasteiger partial charge in [-0.15, -0.1) is 0 Å². The summed E-state index contributed by atoms with van der Waals surface area (Å²) in [6.07, 6.45) is 7.53.